The third-order valence-electron chi connectivity index (χ3n) is 2.91. The molecule has 6 nitrogen and oxygen atoms in total. The lowest BCUT2D eigenvalue weighted by atomic mass is 10.2. The Morgan fingerprint density at radius 2 is 2.14 bits per heavy atom. The van der Waals surface area contributed by atoms with E-state index in [9.17, 15) is 4.79 Å². The van der Waals surface area contributed by atoms with E-state index in [1.54, 1.807) is 25.4 Å². The molecule has 0 aliphatic heterocycles. The van der Waals surface area contributed by atoms with Crippen LogP contribution in [0.5, 0.6) is 0 Å². The third kappa shape index (κ3) is 6.89. The van der Waals surface area contributed by atoms with Crippen molar-refractivity contribution in [2.24, 2.45) is 10.9 Å². The van der Waals surface area contributed by atoms with Crippen LogP contribution >= 0.6 is 11.3 Å². The topological polar surface area (TPSA) is 69.6 Å². The normalized spacial score (nSPS) is 11.6. The van der Waals surface area contributed by atoms with Gasteiger partial charge in [0.2, 0.25) is 5.91 Å². The molecule has 22 heavy (non-hydrogen) atoms. The highest BCUT2D eigenvalue weighted by atomic mass is 32.1. The molecule has 0 unspecified atom stereocenters. The van der Waals surface area contributed by atoms with E-state index in [1.165, 1.54) is 9.78 Å². The van der Waals surface area contributed by atoms with Crippen LogP contribution in [0.1, 0.15) is 30.7 Å². The lowest BCUT2D eigenvalue weighted by Gasteiger charge is -2.14. The maximum atomic E-state index is 11.7. The van der Waals surface area contributed by atoms with E-state index >= 15 is 0 Å². The number of aryl methyl sites for hydroxylation is 1. The standard InChI is InChI=1S/C15H27N5OS/c1-6-12-8-16-13(22-12)9-18-15(17-7-11(2)3)19-10-14(21)20(4)5/h8,11H,6-7,9-10H2,1-5H3,(H2,17,18,19). The van der Waals surface area contributed by atoms with Gasteiger partial charge in [0.15, 0.2) is 5.96 Å². The largest absolute Gasteiger partial charge is 0.356 e. The summed E-state index contributed by atoms with van der Waals surface area (Å²) in [5.74, 6) is 1.13. The molecule has 2 N–H and O–H groups in total. The number of carbonyl (C=O) groups is 1. The molecule has 1 rings (SSSR count). The van der Waals surface area contributed by atoms with Crippen LogP contribution in [0.4, 0.5) is 0 Å². The van der Waals surface area contributed by atoms with Crippen molar-refractivity contribution >= 4 is 23.2 Å². The molecule has 0 radical (unpaired) electrons. The van der Waals surface area contributed by atoms with Crippen molar-refractivity contribution < 1.29 is 4.79 Å². The van der Waals surface area contributed by atoms with Gasteiger partial charge in [0.25, 0.3) is 0 Å². The molecule has 0 saturated heterocycles. The minimum absolute atomic E-state index is 0.0202. The first-order chi connectivity index (χ1) is 10.4. The summed E-state index contributed by atoms with van der Waals surface area (Å²) in [6.45, 7) is 7.94. The van der Waals surface area contributed by atoms with Gasteiger partial charge in [-0.1, -0.05) is 20.8 Å². The average Bonchev–Trinajstić information content (AvgIpc) is 2.93. The van der Waals surface area contributed by atoms with Crippen molar-refractivity contribution in [1.82, 2.24) is 20.5 Å². The number of hydrogen-bond acceptors (Lipinski definition) is 4. The van der Waals surface area contributed by atoms with Gasteiger partial charge < -0.3 is 15.5 Å². The molecule has 0 atom stereocenters. The summed E-state index contributed by atoms with van der Waals surface area (Å²) in [6, 6.07) is 0. The number of nitrogens with zero attached hydrogens (tertiary/aromatic N) is 3. The summed E-state index contributed by atoms with van der Waals surface area (Å²) in [4.78, 5) is 23.2. The molecule has 0 bridgehead atoms. The van der Waals surface area contributed by atoms with Gasteiger partial charge >= 0.3 is 0 Å². The zero-order valence-electron chi connectivity index (χ0n) is 14.1. The summed E-state index contributed by atoms with van der Waals surface area (Å²) >= 11 is 1.70. The van der Waals surface area contributed by atoms with Gasteiger partial charge in [0.05, 0.1) is 6.54 Å². The monoisotopic (exact) mass is 325 g/mol. The molecule has 0 aliphatic rings. The van der Waals surface area contributed by atoms with E-state index in [0.29, 0.717) is 18.4 Å². The quantitative estimate of drug-likeness (QED) is 0.588. The molecule has 1 heterocycles. The minimum atomic E-state index is -0.0202. The Kier molecular flexibility index (Phi) is 7.87. The minimum Gasteiger partial charge on any atom is -0.356 e. The van der Waals surface area contributed by atoms with E-state index < -0.39 is 0 Å². The Balaban J connectivity index is 2.60. The van der Waals surface area contributed by atoms with Gasteiger partial charge in [-0.3, -0.25) is 4.79 Å². The molecule has 0 spiro atoms. The van der Waals surface area contributed by atoms with Crippen molar-refractivity contribution in [2.45, 2.75) is 33.7 Å². The Hall–Kier alpha value is -1.63. The lowest BCUT2D eigenvalue weighted by molar-refractivity contribution is -0.127. The van der Waals surface area contributed by atoms with Gasteiger partial charge in [-0.15, -0.1) is 11.3 Å². The Morgan fingerprint density at radius 1 is 1.41 bits per heavy atom. The SMILES string of the molecule is CCc1cnc(CNC(=NCC(=O)N(C)C)NCC(C)C)s1. The number of guanidine groups is 1. The van der Waals surface area contributed by atoms with Gasteiger partial charge in [0.1, 0.15) is 11.6 Å². The molecule has 1 aromatic rings. The number of carbonyl (C=O) groups excluding carboxylic acids is 1. The van der Waals surface area contributed by atoms with Crippen LogP contribution in [0.2, 0.25) is 0 Å². The van der Waals surface area contributed by atoms with E-state index in [-0.39, 0.29) is 12.5 Å². The second-order valence-corrected chi connectivity index (χ2v) is 6.85. The van der Waals surface area contributed by atoms with E-state index in [1.807, 2.05) is 6.20 Å². The highest BCUT2D eigenvalue weighted by Crippen LogP contribution is 2.12. The number of nitrogens with one attached hydrogen (secondary N) is 2. The number of rotatable bonds is 7. The Labute approximate surface area is 137 Å². The molecular weight excluding hydrogens is 298 g/mol. The van der Waals surface area contributed by atoms with Crippen LogP contribution < -0.4 is 10.6 Å². The first-order valence-corrected chi connectivity index (χ1v) is 8.40. The fourth-order valence-corrected chi connectivity index (χ4v) is 2.32. The van der Waals surface area contributed by atoms with Crippen LogP contribution in [-0.2, 0) is 17.8 Å². The van der Waals surface area contributed by atoms with Gasteiger partial charge in [-0.05, 0) is 12.3 Å². The summed E-state index contributed by atoms with van der Waals surface area (Å²) in [6.07, 6.45) is 2.91. The summed E-state index contributed by atoms with van der Waals surface area (Å²) < 4.78 is 0. The number of aliphatic imine (C=N–C) groups is 1. The molecule has 1 aromatic heterocycles. The summed E-state index contributed by atoms with van der Waals surface area (Å²) in [7, 11) is 3.46. The molecule has 0 aliphatic carbocycles. The summed E-state index contributed by atoms with van der Waals surface area (Å²) in [5, 5.41) is 7.51. The van der Waals surface area contributed by atoms with Crippen molar-refractivity contribution in [3.8, 4) is 0 Å². The molecular formula is C15H27N5OS. The first-order valence-electron chi connectivity index (χ1n) is 7.58. The highest BCUT2D eigenvalue weighted by Gasteiger charge is 2.06. The zero-order chi connectivity index (χ0) is 16.5. The lowest BCUT2D eigenvalue weighted by Crippen LogP contribution is -2.39. The molecule has 0 aromatic carbocycles. The smallest absolute Gasteiger partial charge is 0.243 e. The maximum Gasteiger partial charge on any atom is 0.243 e. The van der Waals surface area contributed by atoms with Crippen LogP contribution in [0, 0.1) is 5.92 Å². The number of hydrogen-bond donors (Lipinski definition) is 2. The molecule has 0 saturated carbocycles. The molecule has 7 heteroatoms. The highest BCUT2D eigenvalue weighted by molar-refractivity contribution is 7.11. The van der Waals surface area contributed by atoms with Crippen molar-refractivity contribution in [2.75, 3.05) is 27.2 Å². The zero-order valence-corrected chi connectivity index (χ0v) is 15.0. The van der Waals surface area contributed by atoms with E-state index in [4.69, 9.17) is 0 Å². The first kappa shape index (κ1) is 18.4. The maximum absolute atomic E-state index is 11.7. The molecule has 124 valence electrons. The summed E-state index contributed by atoms with van der Waals surface area (Å²) in [5.41, 5.74) is 0. The van der Waals surface area contributed by atoms with Gasteiger partial charge in [0, 0.05) is 31.7 Å². The number of aromatic nitrogens is 1. The number of thiazole rings is 1. The second-order valence-electron chi connectivity index (χ2n) is 5.66. The van der Waals surface area contributed by atoms with Crippen molar-refractivity contribution in [3.63, 3.8) is 0 Å². The van der Waals surface area contributed by atoms with Crippen LogP contribution in [0.25, 0.3) is 0 Å². The van der Waals surface area contributed by atoms with Crippen LogP contribution in [-0.4, -0.2) is 48.9 Å². The van der Waals surface area contributed by atoms with Crippen molar-refractivity contribution in [1.29, 1.82) is 0 Å². The predicted molar refractivity (Wildman–Crippen MR) is 92.2 cm³/mol. The van der Waals surface area contributed by atoms with Crippen molar-refractivity contribution in [3.05, 3.63) is 16.1 Å². The number of likely N-dealkylation sites (N-methyl/N-ethyl adjacent to an activating group) is 1. The fourth-order valence-electron chi connectivity index (χ4n) is 1.52. The van der Waals surface area contributed by atoms with Gasteiger partial charge in [-0.2, -0.15) is 0 Å². The average molecular weight is 325 g/mol. The van der Waals surface area contributed by atoms with E-state index in [0.717, 1.165) is 18.0 Å². The molecule has 0 fully saturated rings. The van der Waals surface area contributed by atoms with Gasteiger partial charge in [-0.25, -0.2) is 9.98 Å². The second kappa shape index (κ2) is 9.40. The van der Waals surface area contributed by atoms with Crippen LogP contribution in [0.15, 0.2) is 11.2 Å². The number of amides is 1. The Bertz CT molecular complexity index is 496. The van der Waals surface area contributed by atoms with E-state index in [2.05, 4.69) is 41.4 Å². The van der Waals surface area contributed by atoms with Crippen LogP contribution in [0.3, 0.4) is 0 Å². The molecule has 1 amide bonds. The predicted octanol–water partition coefficient (Wildman–Crippen LogP) is 1.48. The fraction of sp³-hybridized carbons (Fsp3) is 0.667. The Morgan fingerprint density at radius 3 is 2.68 bits per heavy atom. The third-order valence-corrected chi connectivity index (χ3v) is 4.05.